The SMILES string of the molecule is CCC(N)C(=O)NCc1cc(C)no1. The Hall–Kier alpha value is -1.36. The number of nitrogens with one attached hydrogen (secondary N) is 1. The van der Waals surface area contributed by atoms with Crippen LogP contribution in [0.3, 0.4) is 0 Å². The molecule has 1 aromatic rings. The Morgan fingerprint density at radius 3 is 3.00 bits per heavy atom. The molecule has 0 saturated heterocycles. The first kappa shape index (κ1) is 10.7. The van der Waals surface area contributed by atoms with Gasteiger partial charge >= 0.3 is 0 Å². The molecule has 0 fully saturated rings. The lowest BCUT2D eigenvalue weighted by molar-refractivity contribution is -0.122. The fourth-order valence-electron chi connectivity index (χ4n) is 0.990. The highest BCUT2D eigenvalue weighted by molar-refractivity contribution is 5.81. The second-order valence-electron chi connectivity index (χ2n) is 3.17. The summed E-state index contributed by atoms with van der Waals surface area (Å²) in [6.45, 7) is 4.03. The van der Waals surface area contributed by atoms with Gasteiger partial charge in [-0.2, -0.15) is 0 Å². The maximum Gasteiger partial charge on any atom is 0.237 e. The Morgan fingerprint density at radius 2 is 2.50 bits per heavy atom. The minimum atomic E-state index is -0.445. The van der Waals surface area contributed by atoms with Gasteiger partial charge in [-0.15, -0.1) is 0 Å². The first-order valence-electron chi connectivity index (χ1n) is 4.59. The molecule has 0 aliphatic carbocycles. The van der Waals surface area contributed by atoms with Crippen molar-refractivity contribution >= 4 is 5.91 Å². The second-order valence-corrected chi connectivity index (χ2v) is 3.17. The van der Waals surface area contributed by atoms with Gasteiger partial charge in [0, 0.05) is 6.07 Å². The van der Waals surface area contributed by atoms with Crippen LogP contribution in [0.25, 0.3) is 0 Å². The van der Waals surface area contributed by atoms with E-state index in [1.54, 1.807) is 6.07 Å². The summed E-state index contributed by atoms with van der Waals surface area (Å²) in [5.74, 6) is 0.473. The van der Waals surface area contributed by atoms with Gasteiger partial charge in [0.05, 0.1) is 18.3 Å². The van der Waals surface area contributed by atoms with E-state index in [4.69, 9.17) is 10.3 Å². The van der Waals surface area contributed by atoms with Gasteiger partial charge in [-0.25, -0.2) is 0 Å². The zero-order chi connectivity index (χ0) is 10.6. The Bertz CT molecular complexity index is 309. The number of aryl methyl sites for hydroxylation is 1. The minimum Gasteiger partial charge on any atom is -0.359 e. The molecule has 5 heteroatoms. The smallest absolute Gasteiger partial charge is 0.237 e. The summed E-state index contributed by atoms with van der Waals surface area (Å²) in [5.41, 5.74) is 6.33. The number of carbonyl (C=O) groups is 1. The van der Waals surface area contributed by atoms with Crippen LogP contribution in [0.4, 0.5) is 0 Å². The van der Waals surface area contributed by atoms with Gasteiger partial charge < -0.3 is 15.6 Å². The van der Waals surface area contributed by atoms with Crippen LogP contribution in [0.2, 0.25) is 0 Å². The van der Waals surface area contributed by atoms with E-state index in [1.807, 2.05) is 13.8 Å². The van der Waals surface area contributed by atoms with E-state index in [-0.39, 0.29) is 5.91 Å². The molecule has 1 atom stereocenters. The third-order valence-electron chi connectivity index (χ3n) is 1.89. The van der Waals surface area contributed by atoms with Crippen molar-refractivity contribution in [3.63, 3.8) is 0 Å². The van der Waals surface area contributed by atoms with Crippen molar-refractivity contribution in [2.45, 2.75) is 32.9 Å². The number of aromatic nitrogens is 1. The van der Waals surface area contributed by atoms with Crippen LogP contribution in [0.1, 0.15) is 24.8 Å². The highest BCUT2D eigenvalue weighted by Gasteiger charge is 2.10. The van der Waals surface area contributed by atoms with Gasteiger partial charge in [0.25, 0.3) is 0 Å². The summed E-state index contributed by atoms with van der Waals surface area (Å²) >= 11 is 0. The van der Waals surface area contributed by atoms with Crippen LogP contribution < -0.4 is 11.1 Å². The van der Waals surface area contributed by atoms with Crippen LogP contribution in [-0.2, 0) is 11.3 Å². The Labute approximate surface area is 82.6 Å². The van der Waals surface area contributed by atoms with Gasteiger partial charge in [-0.1, -0.05) is 12.1 Å². The first-order chi connectivity index (χ1) is 6.63. The van der Waals surface area contributed by atoms with E-state index >= 15 is 0 Å². The van der Waals surface area contributed by atoms with Crippen molar-refractivity contribution < 1.29 is 9.32 Å². The standard InChI is InChI=1S/C9H15N3O2/c1-3-8(10)9(13)11-5-7-4-6(2)12-14-7/h4,8H,3,5,10H2,1-2H3,(H,11,13). The van der Waals surface area contributed by atoms with Crippen molar-refractivity contribution in [2.75, 3.05) is 0 Å². The molecule has 0 bridgehead atoms. The van der Waals surface area contributed by atoms with E-state index in [9.17, 15) is 4.79 Å². The van der Waals surface area contributed by atoms with Crippen LogP contribution in [0.5, 0.6) is 0 Å². The summed E-state index contributed by atoms with van der Waals surface area (Å²) < 4.78 is 4.92. The molecule has 0 saturated carbocycles. The molecule has 5 nitrogen and oxygen atoms in total. The highest BCUT2D eigenvalue weighted by Crippen LogP contribution is 2.01. The number of nitrogens with two attached hydrogens (primary N) is 1. The molecule has 0 aromatic carbocycles. The topological polar surface area (TPSA) is 81.2 Å². The molecule has 3 N–H and O–H groups in total. The fourth-order valence-corrected chi connectivity index (χ4v) is 0.990. The lowest BCUT2D eigenvalue weighted by atomic mass is 10.2. The summed E-state index contributed by atoms with van der Waals surface area (Å²) in [4.78, 5) is 11.3. The molecular weight excluding hydrogens is 182 g/mol. The Kier molecular flexibility index (Phi) is 3.64. The number of nitrogens with zero attached hydrogens (tertiary/aromatic N) is 1. The average molecular weight is 197 g/mol. The van der Waals surface area contributed by atoms with Crippen LogP contribution in [0.15, 0.2) is 10.6 Å². The molecule has 14 heavy (non-hydrogen) atoms. The van der Waals surface area contributed by atoms with Crippen molar-refractivity contribution in [1.82, 2.24) is 10.5 Å². The summed E-state index contributed by atoms with van der Waals surface area (Å²) in [6.07, 6.45) is 0.626. The maximum absolute atomic E-state index is 11.3. The molecule has 0 aliphatic heterocycles. The zero-order valence-corrected chi connectivity index (χ0v) is 8.41. The van der Waals surface area contributed by atoms with Gasteiger partial charge in [0.2, 0.25) is 5.91 Å². The molecular formula is C9H15N3O2. The van der Waals surface area contributed by atoms with Gasteiger partial charge in [0.1, 0.15) is 0 Å². The van der Waals surface area contributed by atoms with E-state index in [2.05, 4.69) is 10.5 Å². The van der Waals surface area contributed by atoms with E-state index in [0.29, 0.717) is 18.7 Å². The minimum absolute atomic E-state index is 0.165. The second kappa shape index (κ2) is 4.76. The molecule has 78 valence electrons. The van der Waals surface area contributed by atoms with Crippen molar-refractivity contribution in [1.29, 1.82) is 0 Å². The van der Waals surface area contributed by atoms with E-state index in [0.717, 1.165) is 5.69 Å². The lowest BCUT2D eigenvalue weighted by Gasteiger charge is -2.07. The van der Waals surface area contributed by atoms with Gasteiger partial charge in [-0.3, -0.25) is 4.79 Å². The average Bonchev–Trinajstić information content (AvgIpc) is 2.59. The Balaban J connectivity index is 2.37. The third-order valence-corrected chi connectivity index (χ3v) is 1.89. The van der Waals surface area contributed by atoms with Gasteiger partial charge in [-0.05, 0) is 13.3 Å². The van der Waals surface area contributed by atoms with Crippen molar-refractivity contribution in [2.24, 2.45) is 5.73 Å². The fraction of sp³-hybridized carbons (Fsp3) is 0.556. The van der Waals surface area contributed by atoms with E-state index < -0.39 is 6.04 Å². The summed E-state index contributed by atoms with van der Waals surface area (Å²) in [6, 6.07) is 1.33. The molecule has 1 aromatic heterocycles. The number of rotatable bonds is 4. The van der Waals surface area contributed by atoms with Crippen LogP contribution in [0, 0.1) is 6.92 Å². The highest BCUT2D eigenvalue weighted by atomic mass is 16.5. The molecule has 1 amide bonds. The maximum atomic E-state index is 11.3. The third kappa shape index (κ3) is 2.85. The van der Waals surface area contributed by atoms with Crippen molar-refractivity contribution in [3.8, 4) is 0 Å². The largest absolute Gasteiger partial charge is 0.359 e. The molecule has 0 radical (unpaired) electrons. The molecule has 0 aliphatic rings. The van der Waals surface area contributed by atoms with Crippen LogP contribution >= 0.6 is 0 Å². The van der Waals surface area contributed by atoms with Gasteiger partial charge in [0.15, 0.2) is 5.76 Å². The van der Waals surface area contributed by atoms with E-state index in [1.165, 1.54) is 0 Å². The number of hydrogen-bond donors (Lipinski definition) is 2. The number of carbonyl (C=O) groups excluding carboxylic acids is 1. The molecule has 1 rings (SSSR count). The number of hydrogen-bond acceptors (Lipinski definition) is 4. The monoisotopic (exact) mass is 197 g/mol. The zero-order valence-electron chi connectivity index (χ0n) is 8.41. The normalized spacial score (nSPS) is 12.5. The predicted octanol–water partition coefficient (Wildman–Crippen LogP) is 0.337. The lowest BCUT2D eigenvalue weighted by Crippen LogP contribution is -2.39. The summed E-state index contributed by atoms with van der Waals surface area (Å²) in [5, 5.41) is 6.37. The first-order valence-corrected chi connectivity index (χ1v) is 4.59. The van der Waals surface area contributed by atoms with Crippen LogP contribution in [-0.4, -0.2) is 17.1 Å². The molecule has 0 spiro atoms. The quantitative estimate of drug-likeness (QED) is 0.729. The summed E-state index contributed by atoms with van der Waals surface area (Å²) in [7, 11) is 0. The molecule has 1 unspecified atom stereocenters. The molecule has 1 heterocycles. The van der Waals surface area contributed by atoms with Crippen molar-refractivity contribution in [3.05, 3.63) is 17.5 Å². The predicted molar refractivity (Wildman–Crippen MR) is 51.4 cm³/mol. The Morgan fingerprint density at radius 1 is 1.79 bits per heavy atom. The number of amides is 1.